The predicted octanol–water partition coefficient (Wildman–Crippen LogP) is 10.7. The Balaban J connectivity index is 4.29. The van der Waals surface area contributed by atoms with Crippen LogP contribution >= 0.6 is 0 Å². The van der Waals surface area contributed by atoms with Crippen LogP contribution in [-0.2, 0) is 28.6 Å². The number of ether oxygens (including phenoxy) is 3. The first-order valence-electron chi connectivity index (χ1n) is 22.4. The van der Waals surface area contributed by atoms with Crippen LogP contribution in [0.2, 0.25) is 0 Å². The van der Waals surface area contributed by atoms with Crippen molar-refractivity contribution in [3.05, 3.63) is 24.3 Å². The van der Waals surface area contributed by atoms with E-state index >= 15 is 0 Å². The zero-order valence-corrected chi connectivity index (χ0v) is 35.9. The van der Waals surface area contributed by atoms with Crippen molar-refractivity contribution in [2.75, 3.05) is 41.0 Å². The quantitative estimate of drug-likeness (QED) is 0.0265. The third-order valence-corrected chi connectivity index (χ3v) is 10.1. The van der Waals surface area contributed by atoms with E-state index in [1.807, 2.05) is 0 Å². The van der Waals surface area contributed by atoms with Crippen LogP contribution in [-0.4, -0.2) is 75.5 Å². The van der Waals surface area contributed by atoms with Gasteiger partial charge in [-0.2, -0.15) is 0 Å². The van der Waals surface area contributed by atoms with E-state index in [0.717, 1.165) is 70.6 Å². The highest BCUT2D eigenvalue weighted by Crippen LogP contribution is 2.16. The Bertz CT molecular complexity index is 942. The molecule has 0 bridgehead atoms. The molecule has 54 heavy (non-hydrogen) atoms. The van der Waals surface area contributed by atoms with E-state index < -0.39 is 18.1 Å². The zero-order chi connectivity index (χ0) is 40.0. The van der Waals surface area contributed by atoms with Gasteiger partial charge in [-0.15, -0.1) is 0 Å². The summed E-state index contributed by atoms with van der Waals surface area (Å²) in [6, 6.07) is -0.724. The number of hydrogen-bond acceptors (Lipinski definition) is 7. The van der Waals surface area contributed by atoms with Gasteiger partial charge >= 0.3 is 11.9 Å². The van der Waals surface area contributed by atoms with Crippen molar-refractivity contribution in [2.24, 2.45) is 0 Å². The van der Waals surface area contributed by atoms with Gasteiger partial charge in [0.15, 0.2) is 6.10 Å². The Labute approximate surface area is 332 Å². The van der Waals surface area contributed by atoms with Crippen molar-refractivity contribution >= 4 is 17.9 Å². The summed E-state index contributed by atoms with van der Waals surface area (Å²) in [6.07, 6.45) is 40.6. The lowest BCUT2D eigenvalue weighted by atomic mass is 10.0. The smallest absolute Gasteiger partial charge is 0.306 e. The fourth-order valence-corrected chi connectivity index (χ4v) is 6.64. The standard InChI is InChI=1S/C46H85NO7/c1-6-8-10-12-14-16-18-20-21-22-23-24-25-27-29-31-33-35-37-45(49)54-42(40-52-39-38-43(46(50)51)47(3,4)5)41-53-44(48)36-34-32-30-28-26-19-17-15-13-11-9-7-2/h9,11,15,17,42-43H,6-8,10,12-14,16,18-41H2,1-5H3/b11-9+,17-15+. The topological polar surface area (TPSA) is 102 Å². The van der Waals surface area contributed by atoms with Crippen LogP contribution in [0.1, 0.15) is 200 Å². The average Bonchev–Trinajstić information content (AvgIpc) is 3.12. The Kier molecular flexibility index (Phi) is 36.2. The second kappa shape index (κ2) is 37.7. The number of carboxylic acids is 1. The summed E-state index contributed by atoms with van der Waals surface area (Å²) < 4.78 is 17.2. The number of allylic oxidation sites excluding steroid dienone is 4. The summed E-state index contributed by atoms with van der Waals surface area (Å²) in [5.41, 5.74) is 0. The molecule has 0 aliphatic heterocycles. The van der Waals surface area contributed by atoms with E-state index in [4.69, 9.17) is 14.2 Å². The average molecular weight is 764 g/mol. The Morgan fingerprint density at radius 3 is 1.52 bits per heavy atom. The highest BCUT2D eigenvalue weighted by molar-refractivity contribution is 5.70. The third-order valence-electron chi connectivity index (χ3n) is 10.1. The van der Waals surface area contributed by atoms with Gasteiger partial charge in [-0.1, -0.05) is 167 Å². The number of aliphatic carboxylic acids is 1. The van der Waals surface area contributed by atoms with E-state index in [9.17, 15) is 19.5 Å². The lowest BCUT2D eigenvalue weighted by Crippen LogP contribution is -2.55. The number of quaternary nitrogens is 1. The van der Waals surface area contributed by atoms with Gasteiger partial charge in [0.25, 0.3) is 0 Å². The van der Waals surface area contributed by atoms with E-state index in [2.05, 4.69) is 38.2 Å². The lowest BCUT2D eigenvalue weighted by molar-refractivity contribution is -0.889. The molecule has 2 atom stereocenters. The van der Waals surface area contributed by atoms with Crippen LogP contribution in [0, 0.1) is 0 Å². The van der Waals surface area contributed by atoms with Crippen LogP contribution in [0.3, 0.4) is 0 Å². The minimum absolute atomic E-state index is 0.0401. The van der Waals surface area contributed by atoms with Crippen molar-refractivity contribution in [3.63, 3.8) is 0 Å². The number of likely N-dealkylation sites (N-methyl/N-ethyl adjacent to an activating group) is 1. The lowest BCUT2D eigenvalue weighted by Gasteiger charge is -2.34. The molecule has 0 aliphatic rings. The highest BCUT2D eigenvalue weighted by Gasteiger charge is 2.25. The SMILES string of the molecule is CC/C=C/C/C=C/CCCCCCCC(=O)OCC(COCCC(C(=O)[O-])[N+](C)(C)C)OC(=O)CCCCCCCCCCCCCCCCCCCC. The number of carbonyl (C=O) groups is 3. The molecule has 0 aromatic carbocycles. The number of hydrogen-bond donors (Lipinski definition) is 0. The molecule has 0 saturated carbocycles. The minimum atomic E-state index is -1.13. The maximum atomic E-state index is 12.7. The van der Waals surface area contributed by atoms with Gasteiger partial charge in [-0.3, -0.25) is 9.59 Å². The first-order valence-corrected chi connectivity index (χ1v) is 22.4. The Morgan fingerprint density at radius 1 is 0.574 bits per heavy atom. The maximum absolute atomic E-state index is 12.7. The summed E-state index contributed by atoms with van der Waals surface area (Å²) in [5.74, 6) is -1.74. The van der Waals surface area contributed by atoms with Gasteiger partial charge in [-0.25, -0.2) is 0 Å². The van der Waals surface area contributed by atoms with Crippen LogP contribution in [0.25, 0.3) is 0 Å². The Morgan fingerprint density at radius 2 is 1.04 bits per heavy atom. The molecule has 0 amide bonds. The van der Waals surface area contributed by atoms with Gasteiger partial charge in [0.05, 0.1) is 40.3 Å². The van der Waals surface area contributed by atoms with Crippen LogP contribution in [0.15, 0.2) is 24.3 Å². The van der Waals surface area contributed by atoms with Crippen LogP contribution in [0.4, 0.5) is 0 Å². The van der Waals surface area contributed by atoms with E-state index in [0.29, 0.717) is 12.8 Å². The molecule has 0 aromatic heterocycles. The van der Waals surface area contributed by atoms with Gasteiger partial charge in [-0.05, 0) is 38.5 Å². The highest BCUT2D eigenvalue weighted by atomic mass is 16.6. The minimum Gasteiger partial charge on any atom is -0.544 e. The first-order chi connectivity index (χ1) is 26.1. The van der Waals surface area contributed by atoms with Crippen molar-refractivity contribution < 1.29 is 38.2 Å². The van der Waals surface area contributed by atoms with Crippen molar-refractivity contribution in [2.45, 2.75) is 212 Å². The summed E-state index contributed by atoms with van der Waals surface area (Å²) >= 11 is 0. The largest absolute Gasteiger partial charge is 0.544 e. The molecule has 8 heteroatoms. The molecule has 0 saturated heterocycles. The summed E-state index contributed by atoms with van der Waals surface area (Å²) in [5, 5.41) is 11.6. The zero-order valence-electron chi connectivity index (χ0n) is 35.9. The molecule has 316 valence electrons. The summed E-state index contributed by atoms with van der Waals surface area (Å²) in [6.45, 7) is 4.56. The normalized spacial score (nSPS) is 13.1. The van der Waals surface area contributed by atoms with Crippen molar-refractivity contribution in [1.82, 2.24) is 0 Å². The van der Waals surface area contributed by atoms with E-state index in [1.54, 1.807) is 21.1 Å². The first kappa shape index (κ1) is 51.8. The molecule has 0 rings (SSSR count). The van der Waals surface area contributed by atoms with Gasteiger partial charge in [0.2, 0.25) is 0 Å². The molecule has 2 unspecified atom stereocenters. The Hall–Kier alpha value is -2.19. The van der Waals surface area contributed by atoms with E-state index in [-0.39, 0.29) is 42.7 Å². The number of nitrogens with zero attached hydrogens (tertiary/aromatic N) is 1. The maximum Gasteiger partial charge on any atom is 0.306 e. The molecule has 0 aliphatic carbocycles. The molecular formula is C46H85NO7. The fourth-order valence-electron chi connectivity index (χ4n) is 6.64. The monoisotopic (exact) mass is 764 g/mol. The van der Waals surface area contributed by atoms with Crippen molar-refractivity contribution in [1.29, 1.82) is 0 Å². The summed E-state index contributed by atoms with van der Waals surface area (Å²) in [7, 11) is 5.41. The number of unbranched alkanes of at least 4 members (excludes halogenated alkanes) is 22. The third kappa shape index (κ3) is 35.5. The number of esters is 2. The number of rotatable bonds is 40. The van der Waals surface area contributed by atoms with E-state index in [1.165, 1.54) is 96.3 Å². The second-order valence-corrected chi connectivity index (χ2v) is 16.3. The second-order valence-electron chi connectivity index (χ2n) is 16.3. The molecule has 8 nitrogen and oxygen atoms in total. The van der Waals surface area contributed by atoms with Crippen molar-refractivity contribution in [3.8, 4) is 0 Å². The molecule has 0 N–H and O–H groups in total. The van der Waals surface area contributed by atoms with Crippen LogP contribution in [0.5, 0.6) is 0 Å². The summed E-state index contributed by atoms with van der Waals surface area (Å²) in [4.78, 5) is 36.8. The molecule has 0 fully saturated rings. The number of carbonyl (C=O) groups excluding carboxylic acids is 3. The molecule has 0 aromatic rings. The molecule has 0 heterocycles. The molecule has 0 spiro atoms. The number of carboxylic acid groups (broad SMARTS) is 1. The fraction of sp³-hybridized carbons (Fsp3) is 0.848. The molecule has 0 radical (unpaired) electrons. The van der Waals surface area contributed by atoms with Crippen LogP contribution < -0.4 is 5.11 Å². The predicted molar refractivity (Wildman–Crippen MR) is 222 cm³/mol. The molecular weight excluding hydrogens is 679 g/mol. The van der Waals surface area contributed by atoms with Gasteiger partial charge in [0.1, 0.15) is 12.6 Å². The van der Waals surface area contributed by atoms with Gasteiger partial charge < -0.3 is 28.6 Å². The van der Waals surface area contributed by atoms with Gasteiger partial charge in [0, 0.05) is 19.3 Å².